The Kier molecular flexibility index (Phi) is 14.5. The molecule has 4 aliphatic rings. The maximum atomic E-state index is 13.4. The molecule has 0 bridgehead atoms. The van der Waals surface area contributed by atoms with E-state index in [0.717, 1.165) is 13.1 Å². The third-order valence-electron chi connectivity index (χ3n) is 11.1. The highest BCUT2D eigenvalue weighted by Crippen LogP contribution is 2.38. The number of allylic oxidation sites excluding steroid dienone is 3. The van der Waals surface area contributed by atoms with Gasteiger partial charge < -0.3 is 34.4 Å². The number of amides is 1. The summed E-state index contributed by atoms with van der Waals surface area (Å²) >= 11 is 0. The summed E-state index contributed by atoms with van der Waals surface area (Å²) in [4.78, 5) is 43.3. The van der Waals surface area contributed by atoms with Crippen molar-refractivity contribution < 1.29 is 43.9 Å². The number of rotatable bonds is 9. The first-order chi connectivity index (χ1) is 24.1. The van der Waals surface area contributed by atoms with Gasteiger partial charge in [0.05, 0.1) is 23.6 Å². The molecule has 0 aromatic heterocycles. The summed E-state index contributed by atoms with van der Waals surface area (Å²) in [5.74, 6) is -1.33. The second-order valence-electron chi connectivity index (χ2n) is 15.7. The van der Waals surface area contributed by atoms with Gasteiger partial charge in [0, 0.05) is 56.9 Å². The molecule has 0 aromatic rings. The Labute approximate surface area is 304 Å². The smallest absolute Gasteiger partial charge is 0.410 e. The van der Waals surface area contributed by atoms with Crippen LogP contribution in [-0.2, 0) is 23.8 Å². The molecule has 51 heavy (non-hydrogen) atoms. The normalized spacial score (nSPS) is 33.7. The van der Waals surface area contributed by atoms with Crippen molar-refractivity contribution in [3.8, 4) is 0 Å². The van der Waals surface area contributed by atoms with Gasteiger partial charge in [0.1, 0.15) is 23.9 Å². The molecule has 3 fully saturated rings. The van der Waals surface area contributed by atoms with Gasteiger partial charge in [0.2, 0.25) is 0 Å². The van der Waals surface area contributed by atoms with Crippen LogP contribution in [0.15, 0.2) is 47.8 Å². The number of hydrogen-bond acceptors (Lipinski definition) is 10. The minimum atomic E-state index is -1.55. The number of epoxide rings is 1. The first-order valence-corrected chi connectivity index (χ1v) is 19.0. The molecule has 8 atom stereocenters. The molecule has 3 heterocycles. The number of piperazine rings is 1. The maximum absolute atomic E-state index is 13.4. The number of nitrogens with zero attached hydrogens (tertiary/aromatic N) is 2. The van der Waals surface area contributed by atoms with Gasteiger partial charge in [-0.15, -0.1) is 0 Å². The number of Topliss-reactive ketones (excluding diaryl/α,β-unsaturated/α-hetero) is 1. The SMILES string of the molecule is C/C=C(\O)C(C)C1OC1CC(C)(O)/C=C/C=C(\C)C1OC(=O)CC(=O)CCC(C)(O)C(OC(=O)N2CCN(C3CCCCCC3)CC2)/C=C/C1C. The molecular weight excluding hydrogens is 652 g/mol. The molecule has 4 rings (SSSR count). The summed E-state index contributed by atoms with van der Waals surface area (Å²) in [6, 6.07) is 0.571. The Balaban J connectivity index is 1.43. The fourth-order valence-electron chi connectivity index (χ4n) is 7.58. The lowest BCUT2D eigenvalue weighted by Crippen LogP contribution is -2.53. The summed E-state index contributed by atoms with van der Waals surface area (Å²) in [5, 5.41) is 32.5. The van der Waals surface area contributed by atoms with Crippen LogP contribution in [0, 0.1) is 11.8 Å². The van der Waals surface area contributed by atoms with E-state index >= 15 is 0 Å². The minimum Gasteiger partial charge on any atom is -0.512 e. The fourth-order valence-corrected chi connectivity index (χ4v) is 7.58. The molecule has 0 spiro atoms. The van der Waals surface area contributed by atoms with Crippen molar-refractivity contribution >= 4 is 17.8 Å². The van der Waals surface area contributed by atoms with Crippen molar-refractivity contribution in [3.05, 3.63) is 47.8 Å². The predicted octanol–water partition coefficient (Wildman–Crippen LogP) is 5.95. The van der Waals surface area contributed by atoms with E-state index < -0.39 is 47.8 Å². The summed E-state index contributed by atoms with van der Waals surface area (Å²) in [5.41, 5.74) is -2.06. The average Bonchev–Trinajstić information content (AvgIpc) is 3.89. The van der Waals surface area contributed by atoms with Crippen LogP contribution in [0.25, 0.3) is 0 Å². The molecule has 11 heteroatoms. The second-order valence-corrected chi connectivity index (χ2v) is 15.7. The number of carbonyl (C=O) groups excluding carboxylic acids is 3. The molecule has 286 valence electrons. The van der Waals surface area contributed by atoms with Gasteiger partial charge >= 0.3 is 12.1 Å². The van der Waals surface area contributed by atoms with Gasteiger partial charge in [-0.25, -0.2) is 4.79 Å². The van der Waals surface area contributed by atoms with Crippen LogP contribution in [0.2, 0.25) is 0 Å². The van der Waals surface area contributed by atoms with E-state index in [-0.39, 0.29) is 42.5 Å². The van der Waals surface area contributed by atoms with Crippen molar-refractivity contribution in [3.63, 3.8) is 0 Å². The van der Waals surface area contributed by atoms with E-state index in [2.05, 4.69) is 4.90 Å². The number of aliphatic hydroxyl groups is 3. The molecule has 1 amide bonds. The van der Waals surface area contributed by atoms with Crippen LogP contribution >= 0.6 is 0 Å². The highest BCUT2D eigenvalue weighted by atomic mass is 16.6. The Hall–Kier alpha value is -2.99. The fraction of sp³-hybridized carbons (Fsp3) is 0.725. The molecular formula is C40H62N2O9. The lowest BCUT2D eigenvalue weighted by Gasteiger charge is -2.40. The molecule has 11 nitrogen and oxygen atoms in total. The standard InChI is InChI=1S/C40H62N2O9/c1-7-32(44)29(4)37-33(49-37)26-39(5,47)19-12-13-27(2)36-28(3)16-17-34(40(6,48)20-18-31(43)25-35(45)51-36)50-38(46)42-23-21-41(22-24-42)30-14-10-8-9-11-15-30/h7,12-13,16-17,19,28-30,33-34,36-37,44,47-48H,8-11,14-15,18,20-26H2,1-6H3/b17-16+,19-12+,27-13+,32-7-. The highest BCUT2D eigenvalue weighted by Gasteiger charge is 2.47. The average molecular weight is 715 g/mol. The van der Waals surface area contributed by atoms with E-state index in [4.69, 9.17) is 14.2 Å². The van der Waals surface area contributed by atoms with E-state index in [1.807, 2.05) is 13.8 Å². The first-order valence-electron chi connectivity index (χ1n) is 19.0. The number of hydrogen-bond donors (Lipinski definition) is 3. The zero-order valence-corrected chi connectivity index (χ0v) is 31.6. The molecule has 0 radical (unpaired) electrons. The third kappa shape index (κ3) is 12.0. The number of carbonyl (C=O) groups is 3. The van der Waals surface area contributed by atoms with Crippen molar-refractivity contribution in [1.82, 2.24) is 9.80 Å². The van der Waals surface area contributed by atoms with Crippen LogP contribution in [0.3, 0.4) is 0 Å². The maximum Gasteiger partial charge on any atom is 0.410 e. The number of cyclic esters (lactones) is 1. The molecule has 1 aliphatic carbocycles. The summed E-state index contributed by atoms with van der Waals surface area (Å²) in [6.45, 7) is 13.2. The van der Waals surface area contributed by atoms with Crippen molar-refractivity contribution in [2.45, 2.75) is 147 Å². The van der Waals surface area contributed by atoms with Gasteiger partial charge in [0.15, 0.2) is 6.10 Å². The van der Waals surface area contributed by atoms with Crippen LogP contribution in [-0.4, -0.2) is 111 Å². The molecule has 3 N–H and O–H groups in total. The topological polar surface area (TPSA) is 149 Å². The molecule has 8 unspecified atom stereocenters. The van der Waals surface area contributed by atoms with Crippen LogP contribution in [0.1, 0.15) is 106 Å². The van der Waals surface area contributed by atoms with E-state index in [9.17, 15) is 29.7 Å². The first kappa shape index (κ1) is 40.8. The lowest BCUT2D eigenvalue weighted by atomic mass is 9.89. The second kappa shape index (κ2) is 18.2. The third-order valence-corrected chi connectivity index (χ3v) is 11.1. The Bertz CT molecular complexity index is 1320. The molecule has 3 aliphatic heterocycles. The number of aliphatic hydroxyl groups excluding tert-OH is 1. The van der Waals surface area contributed by atoms with Gasteiger partial charge in [-0.3, -0.25) is 14.5 Å². The summed E-state index contributed by atoms with van der Waals surface area (Å²) in [6.07, 6.45) is 14.9. The molecule has 0 aromatic carbocycles. The summed E-state index contributed by atoms with van der Waals surface area (Å²) < 4.78 is 17.5. The van der Waals surface area contributed by atoms with Crippen LogP contribution in [0.5, 0.6) is 0 Å². The van der Waals surface area contributed by atoms with Crippen molar-refractivity contribution in [1.29, 1.82) is 0 Å². The number of ketones is 1. The quantitative estimate of drug-likeness (QED) is 0.0498. The lowest BCUT2D eigenvalue weighted by molar-refractivity contribution is -0.151. The van der Waals surface area contributed by atoms with Crippen LogP contribution in [0.4, 0.5) is 4.79 Å². The Morgan fingerprint density at radius 3 is 2.45 bits per heavy atom. The number of esters is 1. The van der Waals surface area contributed by atoms with Crippen molar-refractivity contribution in [2.24, 2.45) is 11.8 Å². The predicted molar refractivity (Wildman–Crippen MR) is 195 cm³/mol. The van der Waals surface area contributed by atoms with Gasteiger partial charge in [0.25, 0.3) is 0 Å². The minimum absolute atomic E-state index is 0.0142. The monoisotopic (exact) mass is 714 g/mol. The summed E-state index contributed by atoms with van der Waals surface area (Å²) in [7, 11) is 0. The van der Waals surface area contributed by atoms with Gasteiger partial charge in [-0.05, 0) is 64.7 Å². The Morgan fingerprint density at radius 2 is 1.80 bits per heavy atom. The van der Waals surface area contributed by atoms with E-state index in [1.54, 1.807) is 69.1 Å². The van der Waals surface area contributed by atoms with E-state index in [1.165, 1.54) is 38.5 Å². The zero-order valence-electron chi connectivity index (χ0n) is 31.6. The molecule has 1 saturated carbocycles. The largest absolute Gasteiger partial charge is 0.512 e. The molecule has 2 saturated heterocycles. The number of ether oxygens (including phenoxy) is 3. The zero-order chi connectivity index (χ0) is 37.3. The van der Waals surface area contributed by atoms with Crippen molar-refractivity contribution in [2.75, 3.05) is 26.2 Å². The van der Waals surface area contributed by atoms with Gasteiger partial charge in [-0.1, -0.05) is 63.8 Å². The van der Waals surface area contributed by atoms with Crippen LogP contribution < -0.4 is 0 Å². The Morgan fingerprint density at radius 1 is 1.14 bits per heavy atom. The highest BCUT2D eigenvalue weighted by molar-refractivity contribution is 5.95. The van der Waals surface area contributed by atoms with Gasteiger partial charge in [-0.2, -0.15) is 0 Å². The van der Waals surface area contributed by atoms with E-state index in [0.29, 0.717) is 31.1 Å².